The summed E-state index contributed by atoms with van der Waals surface area (Å²) in [5.74, 6) is -0.633. The quantitative estimate of drug-likeness (QED) is 0.830. The van der Waals surface area contributed by atoms with Gasteiger partial charge in [0.25, 0.3) is 0 Å². The van der Waals surface area contributed by atoms with Gasteiger partial charge in [0.1, 0.15) is 6.04 Å². The van der Waals surface area contributed by atoms with Gasteiger partial charge in [-0.15, -0.1) is 0 Å². The Bertz CT molecular complexity index is 678. The molecule has 24 heavy (non-hydrogen) atoms. The third kappa shape index (κ3) is 4.69. The monoisotopic (exact) mass is 325 g/mol. The Morgan fingerprint density at radius 2 is 1.54 bits per heavy atom. The van der Waals surface area contributed by atoms with Crippen LogP contribution in [0.1, 0.15) is 19.4 Å². The average Bonchev–Trinajstić information content (AvgIpc) is 2.60. The zero-order valence-corrected chi connectivity index (χ0v) is 14.3. The Morgan fingerprint density at radius 3 is 2.08 bits per heavy atom. The van der Waals surface area contributed by atoms with Crippen molar-refractivity contribution in [3.8, 4) is 11.1 Å². The highest BCUT2D eigenvalue weighted by Gasteiger charge is 2.24. The van der Waals surface area contributed by atoms with Gasteiger partial charge in [-0.2, -0.15) is 0 Å². The van der Waals surface area contributed by atoms with Crippen LogP contribution >= 0.6 is 0 Å². The van der Waals surface area contributed by atoms with Crippen LogP contribution in [-0.4, -0.2) is 25.0 Å². The van der Waals surface area contributed by atoms with Crippen molar-refractivity contribution in [3.05, 3.63) is 60.2 Å². The number of carbonyl (C=O) groups is 2. The van der Waals surface area contributed by atoms with Gasteiger partial charge >= 0.3 is 5.97 Å². The van der Waals surface area contributed by atoms with Gasteiger partial charge in [-0.25, -0.2) is 4.79 Å². The lowest BCUT2D eigenvalue weighted by Crippen LogP contribution is -2.45. The molecule has 0 aliphatic rings. The fourth-order valence-electron chi connectivity index (χ4n) is 2.48. The second-order valence-corrected chi connectivity index (χ2v) is 6.05. The molecule has 0 saturated carbocycles. The number of esters is 1. The Hall–Kier alpha value is -2.62. The summed E-state index contributed by atoms with van der Waals surface area (Å²) in [6, 6.07) is 17.3. The molecule has 0 aliphatic heterocycles. The molecule has 2 rings (SSSR count). The fraction of sp³-hybridized carbons (Fsp3) is 0.300. The van der Waals surface area contributed by atoms with Gasteiger partial charge in [-0.05, 0) is 22.6 Å². The number of carbonyl (C=O) groups excluding carboxylic acids is 2. The van der Waals surface area contributed by atoms with E-state index in [-0.39, 0.29) is 18.2 Å². The smallest absolute Gasteiger partial charge is 0.328 e. The van der Waals surface area contributed by atoms with Gasteiger partial charge < -0.3 is 10.1 Å². The molecule has 1 N–H and O–H groups in total. The van der Waals surface area contributed by atoms with Crippen molar-refractivity contribution in [2.24, 2.45) is 5.92 Å². The van der Waals surface area contributed by atoms with Gasteiger partial charge in [0.2, 0.25) is 5.91 Å². The number of ether oxygens (including phenoxy) is 1. The molecular formula is C20H23NO3. The van der Waals surface area contributed by atoms with E-state index in [2.05, 4.69) is 5.32 Å². The molecule has 0 aromatic heterocycles. The molecule has 0 saturated heterocycles. The lowest BCUT2D eigenvalue weighted by Gasteiger charge is -2.19. The van der Waals surface area contributed by atoms with Crippen molar-refractivity contribution in [2.45, 2.75) is 26.3 Å². The van der Waals surface area contributed by atoms with E-state index in [4.69, 9.17) is 4.74 Å². The predicted octanol–water partition coefficient (Wildman–Crippen LogP) is 3.21. The number of methoxy groups -OCH3 is 1. The van der Waals surface area contributed by atoms with Crippen LogP contribution in [0, 0.1) is 5.92 Å². The predicted molar refractivity (Wildman–Crippen MR) is 94.4 cm³/mol. The Morgan fingerprint density at radius 1 is 0.958 bits per heavy atom. The van der Waals surface area contributed by atoms with Crippen LogP contribution in [0.25, 0.3) is 11.1 Å². The summed E-state index contributed by atoms with van der Waals surface area (Å²) in [4.78, 5) is 23.9. The Labute approximate surface area is 142 Å². The minimum absolute atomic E-state index is 0.0261. The molecule has 1 atom stereocenters. The van der Waals surface area contributed by atoms with Crippen molar-refractivity contribution in [1.82, 2.24) is 5.32 Å². The zero-order chi connectivity index (χ0) is 17.5. The van der Waals surface area contributed by atoms with E-state index in [1.54, 1.807) is 0 Å². The van der Waals surface area contributed by atoms with E-state index in [1.807, 2.05) is 68.4 Å². The van der Waals surface area contributed by atoms with E-state index >= 15 is 0 Å². The fourth-order valence-corrected chi connectivity index (χ4v) is 2.48. The molecule has 0 fully saturated rings. The lowest BCUT2D eigenvalue weighted by atomic mass is 10.0. The maximum absolute atomic E-state index is 12.2. The van der Waals surface area contributed by atoms with Crippen LogP contribution < -0.4 is 5.32 Å². The van der Waals surface area contributed by atoms with Gasteiger partial charge in [0, 0.05) is 0 Å². The number of rotatable bonds is 6. The first-order valence-electron chi connectivity index (χ1n) is 8.03. The number of amides is 1. The van der Waals surface area contributed by atoms with Crippen molar-refractivity contribution >= 4 is 11.9 Å². The van der Waals surface area contributed by atoms with Gasteiger partial charge in [0.05, 0.1) is 13.5 Å². The summed E-state index contributed by atoms with van der Waals surface area (Å²) in [5.41, 5.74) is 3.15. The summed E-state index contributed by atoms with van der Waals surface area (Å²) in [7, 11) is 1.33. The van der Waals surface area contributed by atoms with E-state index < -0.39 is 12.0 Å². The highest BCUT2D eigenvalue weighted by atomic mass is 16.5. The van der Waals surface area contributed by atoms with Gasteiger partial charge in [-0.1, -0.05) is 68.4 Å². The van der Waals surface area contributed by atoms with Gasteiger partial charge in [-0.3, -0.25) is 4.79 Å². The number of hydrogen-bond donors (Lipinski definition) is 1. The minimum atomic E-state index is -0.619. The molecule has 0 radical (unpaired) electrons. The molecule has 2 aromatic rings. The number of nitrogens with one attached hydrogen (secondary N) is 1. The first-order chi connectivity index (χ1) is 11.5. The highest BCUT2D eigenvalue weighted by Crippen LogP contribution is 2.19. The SMILES string of the molecule is COC(=O)[C@H](NC(=O)Cc1ccc(-c2ccccc2)cc1)C(C)C. The van der Waals surface area contributed by atoms with Crippen LogP contribution in [0.3, 0.4) is 0 Å². The number of benzene rings is 2. The summed E-state index contributed by atoms with van der Waals surface area (Å²) in [6.45, 7) is 3.74. The largest absolute Gasteiger partial charge is 0.467 e. The molecule has 126 valence electrons. The standard InChI is InChI=1S/C20H23NO3/c1-14(2)19(20(23)24-3)21-18(22)13-15-9-11-17(12-10-15)16-7-5-4-6-8-16/h4-12,14,19H,13H2,1-3H3,(H,21,22)/t19-/m1/s1. The second-order valence-electron chi connectivity index (χ2n) is 6.05. The molecule has 1 amide bonds. The third-order valence-corrected chi connectivity index (χ3v) is 3.86. The average molecular weight is 325 g/mol. The molecule has 4 nitrogen and oxygen atoms in total. The summed E-state index contributed by atoms with van der Waals surface area (Å²) >= 11 is 0. The van der Waals surface area contributed by atoms with E-state index in [1.165, 1.54) is 7.11 Å². The maximum atomic E-state index is 12.2. The van der Waals surface area contributed by atoms with E-state index in [9.17, 15) is 9.59 Å². The molecule has 2 aromatic carbocycles. The van der Waals surface area contributed by atoms with Crippen molar-refractivity contribution in [2.75, 3.05) is 7.11 Å². The van der Waals surface area contributed by atoms with Crippen LogP contribution in [0.5, 0.6) is 0 Å². The topological polar surface area (TPSA) is 55.4 Å². The number of hydrogen-bond acceptors (Lipinski definition) is 3. The molecule has 0 unspecified atom stereocenters. The van der Waals surface area contributed by atoms with Crippen LogP contribution in [-0.2, 0) is 20.7 Å². The van der Waals surface area contributed by atoms with Crippen LogP contribution in [0.4, 0.5) is 0 Å². The van der Waals surface area contributed by atoms with Crippen LogP contribution in [0.2, 0.25) is 0 Å². The molecular weight excluding hydrogens is 302 g/mol. The Kier molecular flexibility index (Phi) is 6.13. The highest BCUT2D eigenvalue weighted by molar-refractivity contribution is 5.85. The lowest BCUT2D eigenvalue weighted by molar-refractivity contribution is -0.146. The Balaban J connectivity index is 2.00. The first-order valence-corrected chi connectivity index (χ1v) is 8.03. The van der Waals surface area contributed by atoms with Crippen molar-refractivity contribution in [3.63, 3.8) is 0 Å². The zero-order valence-electron chi connectivity index (χ0n) is 14.3. The molecule has 4 heteroatoms. The molecule has 0 bridgehead atoms. The normalized spacial score (nSPS) is 11.8. The van der Waals surface area contributed by atoms with Crippen molar-refractivity contribution < 1.29 is 14.3 Å². The first kappa shape index (κ1) is 17.7. The van der Waals surface area contributed by atoms with E-state index in [0.717, 1.165) is 16.7 Å². The molecule has 0 heterocycles. The summed E-state index contributed by atoms with van der Waals surface area (Å²) < 4.78 is 4.74. The van der Waals surface area contributed by atoms with Crippen LogP contribution in [0.15, 0.2) is 54.6 Å². The van der Waals surface area contributed by atoms with Crippen molar-refractivity contribution in [1.29, 1.82) is 0 Å². The second kappa shape index (κ2) is 8.29. The summed E-state index contributed by atoms with van der Waals surface area (Å²) in [6.07, 6.45) is 0.231. The third-order valence-electron chi connectivity index (χ3n) is 3.86. The maximum Gasteiger partial charge on any atom is 0.328 e. The molecule has 0 spiro atoms. The molecule has 0 aliphatic carbocycles. The summed E-state index contributed by atoms with van der Waals surface area (Å²) in [5, 5.41) is 2.75. The van der Waals surface area contributed by atoms with E-state index in [0.29, 0.717) is 0 Å². The minimum Gasteiger partial charge on any atom is -0.467 e. The van der Waals surface area contributed by atoms with Gasteiger partial charge in [0.15, 0.2) is 0 Å².